The number of nitrogens with zero attached hydrogens (tertiary/aromatic N) is 1. The fraction of sp³-hybridized carbons (Fsp3) is 0.562. The van der Waals surface area contributed by atoms with E-state index in [1.165, 1.54) is 24.3 Å². The number of anilines is 1. The number of ether oxygens (including phenoxy) is 1. The van der Waals surface area contributed by atoms with Crippen molar-refractivity contribution in [2.45, 2.75) is 38.6 Å². The lowest BCUT2D eigenvalue weighted by molar-refractivity contribution is -0.274. The maximum absolute atomic E-state index is 12.2. The topological polar surface area (TPSA) is 58.6 Å². The van der Waals surface area contributed by atoms with E-state index in [4.69, 9.17) is 12.2 Å². The highest BCUT2D eigenvalue weighted by Gasteiger charge is 2.33. The minimum absolute atomic E-state index is 0.0664. The molecule has 1 N–H and O–H groups in total. The number of halogens is 3. The SMILES string of the molecule is CCCCN(C(=S)Nc1ccc(OC(F)(F)F)cc1)[C@H]1CCS(=O)(=O)C1. The summed E-state index contributed by atoms with van der Waals surface area (Å²) in [5, 5.41) is 3.34. The normalized spacial score (nSPS) is 19.2. The summed E-state index contributed by atoms with van der Waals surface area (Å²) in [6, 6.07) is 5.05. The highest BCUT2D eigenvalue weighted by molar-refractivity contribution is 7.91. The Labute approximate surface area is 156 Å². The predicted molar refractivity (Wildman–Crippen MR) is 98.0 cm³/mol. The van der Waals surface area contributed by atoms with Crippen LogP contribution < -0.4 is 10.1 Å². The zero-order chi connectivity index (χ0) is 19.4. The van der Waals surface area contributed by atoms with Crippen molar-refractivity contribution in [2.75, 3.05) is 23.4 Å². The number of hydrogen-bond donors (Lipinski definition) is 1. The van der Waals surface area contributed by atoms with Crippen LogP contribution in [0.4, 0.5) is 18.9 Å². The Bertz CT molecular complexity index is 721. The van der Waals surface area contributed by atoms with E-state index in [0.717, 1.165) is 12.8 Å². The van der Waals surface area contributed by atoms with Gasteiger partial charge < -0.3 is 15.0 Å². The van der Waals surface area contributed by atoms with Crippen LogP contribution in [0.25, 0.3) is 0 Å². The van der Waals surface area contributed by atoms with Crippen LogP contribution in [-0.4, -0.2) is 48.9 Å². The van der Waals surface area contributed by atoms with E-state index in [1.54, 1.807) is 0 Å². The van der Waals surface area contributed by atoms with Gasteiger partial charge in [0.15, 0.2) is 14.9 Å². The average Bonchev–Trinajstić information content (AvgIpc) is 2.88. The van der Waals surface area contributed by atoms with Gasteiger partial charge in [0.2, 0.25) is 0 Å². The summed E-state index contributed by atoms with van der Waals surface area (Å²) in [6.07, 6.45) is -2.43. The Morgan fingerprint density at radius 1 is 1.35 bits per heavy atom. The molecule has 1 aromatic carbocycles. The second-order valence-electron chi connectivity index (χ2n) is 6.11. The van der Waals surface area contributed by atoms with Crippen molar-refractivity contribution in [1.29, 1.82) is 0 Å². The molecule has 0 saturated carbocycles. The number of thiocarbonyl (C=S) groups is 1. The van der Waals surface area contributed by atoms with Crippen LogP contribution >= 0.6 is 12.2 Å². The molecule has 0 unspecified atom stereocenters. The van der Waals surface area contributed by atoms with Gasteiger partial charge >= 0.3 is 6.36 Å². The first-order chi connectivity index (χ1) is 12.1. The standard InChI is InChI=1S/C16H21F3N2O3S2/c1-2-3-9-21(13-8-10-26(22,23)11-13)15(25)20-12-4-6-14(7-5-12)24-16(17,18)19/h4-7,13H,2-3,8-11H2,1H3,(H,20,25)/t13-/m0/s1. The summed E-state index contributed by atoms with van der Waals surface area (Å²) < 4.78 is 63.9. The Morgan fingerprint density at radius 3 is 2.50 bits per heavy atom. The first-order valence-corrected chi connectivity index (χ1v) is 10.5. The van der Waals surface area contributed by atoms with Crippen molar-refractivity contribution in [1.82, 2.24) is 4.90 Å². The Hall–Kier alpha value is -1.55. The number of hydrogen-bond acceptors (Lipinski definition) is 4. The van der Waals surface area contributed by atoms with E-state index >= 15 is 0 Å². The summed E-state index contributed by atoms with van der Waals surface area (Å²) in [5.41, 5.74) is 0.506. The molecule has 5 nitrogen and oxygen atoms in total. The molecule has 26 heavy (non-hydrogen) atoms. The maximum atomic E-state index is 12.2. The molecule has 0 radical (unpaired) electrons. The quantitative estimate of drug-likeness (QED) is 0.724. The Balaban J connectivity index is 2.04. The van der Waals surface area contributed by atoms with Crippen LogP contribution in [0.5, 0.6) is 5.75 Å². The van der Waals surface area contributed by atoms with E-state index in [1.807, 2.05) is 11.8 Å². The highest BCUT2D eigenvalue weighted by atomic mass is 32.2. The number of sulfone groups is 1. The third kappa shape index (κ3) is 6.31. The molecule has 0 amide bonds. The lowest BCUT2D eigenvalue weighted by Crippen LogP contribution is -2.44. The van der Waals surface area contributed by atoms with Crippen molar-refractivity contribution in [3.8, 4) is 5.75 Å². The van der Waals surface area contributed by atoms with Crippen molar-refractivity contribution >= 4 is 32.9 Å². The van der Waals surface area contributed by atoms with Crippen LogP contribution in [0.1, 0.15) is 26.2 Å². The molecule has 1 fully saturated rings. The molecule has 0 aliphatic carbocycles. The van der Waals surface area contributed by atoms with Crippen LogP contribution in [0, 0.1) is 0 Å². The van der Waals surface area contributed by atoms with Gasteiger partial charge in [-0.15, -0.1) is 13.2 Å². The fourth-order valence-electron chi connectivity index (χ4n) is 2.73. The number of benzene rings is 1. The second-order valence-corrected chi connectivity index (χ2v) is 8.72. The van der Waals surface area contributed by atoms with E-state index in [9.17, 15) is 21.6 Å². The molecule has 10 heteroatoms. The van der Waals surface area contributed by atoms with Gasteiger partial charge in [0.25, 0.3) is 0 Å². The molecule has 0 spiro atoms. The third-order valence-corrected chi connectivity index (χ3v) is 6.09. The van der Waals surface area contributed by atoms with Crippen molar-refractivity contribution < 1.29 is 26.3 Å². The van der Waals surface area contributed by atoms with Crippen molar-refractivity contribution in [3.05, 3.63) is 24.3 Å². The van der Waals surface area contributed by atoms with Gasteiger partial charge in [0, 0.05) is 18.3 Å². The largest absolute Gasteiger partial charge is 0.573 e. The van der Waals surface area contributed by atoms with Crippen molar-refractivity contribution in [2.24, 2.45) is 0 Å². The second kappa shape index (κ2) is 8.43. The van der Waals surface area contributed by atoms with Gasteiger partial charge in [-0.2, -0.15) is 0 Å². The molecule has 1 aliphatic heterocycles. The lowest BCUT2D eigenvalue weighted by atomic mass is 10.2. The summed E-state index contributed by atoms with van der Waals surface area (Å²) >= 11 is 5.41. The summed E-state index contributed by atoms with van der Waals surface area (Å²) in [5.74, 6) is -0.109. The van der Waals surface area contributed by atoms with Crippen LogP contribution in [0.2, 0.25) is 0 Å². The number of unbranched alkanes of at least 4 members (excludes halogenated alkanes) is 1. The minimum atomic E-state index is -4.74. The van der Waals surface area contributed by atoms with E-state index in [-0.39, 0.29) is 23.3 Å². The predicted octanol–water partition coefficient (Wildman–Crippen LogP) is 3.57. The molecule has 1 aromatic rings. The van der Waals surface area contributed by atoms with Crippen LogP contribution in [-0.2, 0) is 9.84 Å². The number of nitrogens with one attached hydrogen (secondary N) is 1. The third-order valence-electron chi connectivity index (χ3n) is 4.00. The van der Waals surface area contributed by atoms with Gasteiger partial charge in [-0.3, -0.25) is 0 Å². The summed E-state index contributed by atoms with van der Waals surface area (Å²) in [4.78, 5) is 1.86. The monoisotopic (exact) mass is 410 g/mol. The highest BCUT2D eigenvalue weighted by Crippen LogP contribution is 2.25. The summed E-state index contributed by atoms with van der Waals surface area (Å²) in [6.45, 7) is 2.65. The maximum Gasteiger partial charge on any atom is 0.573 e. The van der Waals surface area contributed by atoms with E-state index in [0.29, 0.717) is 23.8 Å². The summed E-state index contributed by atoms with van der Waals surface area (Å²) in [7, 11) is -3.05. The molecule has 1 aliphatic rings. The zero-order valence-corrected chi connectivity index (χ0v) is 15.9. The molecule has 0 aromatic heterocycles. The van der Waals surface area contributed by atoms with Gasteiger partial charge in [-0.05, 0) is 49.3 Å². The molecule has 2 rings (SSSR count). The molecule has 1 saturated heterocycles. The first-order valence-electron chi connectivity index (χ1n) is 8.23. The van der Waals surface area contributed by atoms with Gasteiger partial charge in [0.1, 0.15) is 5.75 Å². The lowest BCUT2D eigenvalue weighted by Gasteiger charge is -2.31. The fourth-order valence-corrected chi connectivity index (χ4v) is 4.82. The first kappa shape index (κ1) is 20.8. The minimum Gasteiger partial charge on any atom is -0.406 e. The smallest absolute Gasteiger partial charge is 0.406 e. The molecule has 1 atom stereocenters. The van der Waals surface area contributed by atoms with Gasteiger partial charge in [0.05, 0.1) is 11.5 Å². The van der Waals surface area contributed by atoms with E-state index < -0.39 is 16.2 Å². The van der Waals surface area contributed by atoms with E-state index in [2.05, 4.69) is 10.1 Å². The van der Waals surface area contributed by atoms with Crippen LogP contribution in [0.3, 0.4) is 0 Å². The number of rotatable bonds is 6. The molecular formula is C16H21F3N2O3S2. The molecule has 146 valence electrons. The number of alkyl halides is 3. The van der Waals surface area contributed by atoms with Gasteiger partial charge in [-0.25, -0.2) is 8.42 Å². The molecule has 0 bridgehead atoms. The molecule has 1 heterocycles. The van der Waals surface area contributed by atoms with Crippen molar-refractivity contribution in [3.63, 3.8) is 0 Å². The average molecular weight is 410 g/mol. The Kier molecular flexibility index (Phi) is 6.73. The zero-order valence-electron chi connectivity index (χ0n) is 14.3. The Morgan fingerprint density at radius 2 is 2.00 bits per heavy atom. The van der Waals surface area contributed by atoms with Gasteiger partial charge in [-0.1, -0.05) is 13.3 Å². The van der Waals surface area contributed by atoms with Crippen LogP contribution in [0.15, 0.2) is 24.3 Å². The molecular weight excluding hydrogens is 389 g/mol.